The summed E-state index contributed by atoms with van der Waals surface area (Å²) < 4.78 is 42.1. The van der Waals surface area contributed by atoms with Gasteiger partial charge in [-0.2, -0.15) is 13.2 Å². The lowest BCUT2D eigenvalue weighted by atomic mass is 9.77. The first kappa shape index (κ1) is 22.9. The minimum atomic E-state index is -5.14. The Morgan fingerprint density at radius 1 is 1.10 bits per heavy atom. The number of hydrogen-bond acceptors (Lipinski definition) is 3. The van der Waals surface area contributed by atoms with Crippen LogP contribution < -0.4 is 10.6 Å². The molecule has 30 heavy (non-hydrogen) atoms. The maximum absolute atomic E-state index is 14.0. The van der Waals surface area contributed by atoms with Crippen LogP contribution in [0.3, 0.4) is 0 Å². The number of halogens is 3. The highest BCUT2D eigenvalue weighted by Crippen LogP contribution is 2.39. The van der Waals surface area contributed by atoms with Gasteiger partial charge >= 0.3 is 12.2 Å². The topological polar surface area (TPSA) is 78.5 Å². The Morgan fingerprint density at radius 3 is 2.40 bits per heavy atom. The average Bonchev–Trinajstić information content (AvgIpc) is 2.94. The molecule has 0 aromatic heterocycles. The van der Waals surface area contributed by atoms with Gasteiger partial charge in [0, 0.05) is 12.5 Å². The van der Waals surface area contributed by atoms with Gasteiger partial charge < -0.3 is 5.32 Å². The smallest absolute Gasteiger partial charge is 0.318 e. The first-order chi connectivity index (χ1) is 14.1. The predicted octanol–water partition coefficient (Wildman–Crippen LogP) is 4.10. The van der Waals surface area contributed by atoms with E-state index in [9.17, 15) is 27.6 Å². The number of carbonyl (C=O) groups is 3. The van der Waals surface area contributed by atoms with Crippen LogP contribution in [-0.2, 0) is 9.59 Å². The number of alkyl halides is 3. The number of amides is 4. The van der Waals surface area contributed by atoms with Crippen molar-refractivity contribution in [2.24, 2.45) is 17.8 Å². The summed E-state index contributed by atoms with van der Waals surface area (Å²) in [5.74, 6) is -1.88. The van der Waals surface area contributed by atoms with Crippen LogP contribution in [0, 0.1) is 17.8 Å². The van der Waals surface area contributed by atoms with Gasteiger partial charge in [-0.3, -0.25) is 19.8 Å². The molecule has 3 aliphatic rings. The third-order valence-corrected chi connectivity index (χ3v) is 7.30. The van der Waals surface area contributed by atoms with E-state index in [0.29, 0.717) is 23.7 Å². The van der Waals surface area contributed by atoms with Crippen LogP contribution in [0.2, 0.25) is 0 Å². The molecule has 170 valence electrons. The SMILES string of the molecule is C[C@@H]1[C@H](N2C(=O)N[C@](NC(=O)CCC3CCCCC3)(C(F)(F)F)C2=O)CCC[C@@H]1C. The zero-order valence-electron chi connectivity index (χ0n) is 17.7. The van der Waals surface area contributed by atoms with Crippen LogP contribution in [0.5, 0.6) is 0 Å². The molecule has 1 heterocycles. The van der Waals surface area contributed by atoms with Crippen molar-refractivity contribution < 1.29 is 27.6 Å². The average molecular weight is 431 g/mol. The van der Waals surface area contributed by atoms with Gasteiger partial charge in [-0.1, -0.05) is 58.8 Å². The fourth-order valence-electron chi connectivity index (χ4n) is 5.20. The zero-order valence-corrected chi connectivity index (χ0v) is 17.7. The summed E-state index contributed by atoms with van der Waals surface area (Å²) in [5, 5.41) is 3.65. The minimum Gasteiger partial charge on any atom is -0.318 e. The fraction of sp³-hybridized carbons (Fsp3) is 0.857. The van der Waals surface area contributed by atoms with Gasteiger partial charge in [0.25, 0.3) is 11.6 Å². The van der Waals surface area contributed by atoms with Gasteiger partial charge in [-0.05, 0) is 30.6 Å². The van der Waals surface area contributed by atoms with Crippen LogP contribution in [0.25, 0.3) is 0 Å². The third kappa shape index (κ3) is 4.30. The second-order valence-electron chi connectivity index (χ2n) is 9.28. The second kappa shape index (κ2) is 8.75. The van der Waals surface area contributed by atoms with Gasteiger partial charge in [-0.15, -0.1) is 0 Å². The maximum Gasteiger partial charge on any atom is 0.440 e. The van der Waals surface area contributed by atoms with Crippen molar-refractivity contribution in [1.29, 1.82) is 0 Å². The molecule has 0 unspecified atom stereocenters. The normalized spacial score (nSPS) is 33.5. The highest BCUT2D eigenvalue weighted by atomic mass is 19.4. The lowest BCUT2D eigenvalue weighted by Crippen LogP contribution is -2.69. The molecule has 3 rings (SSSR count). The lowest BCUT2D eigenvalue weighted by Gasteiger charge is -2.38. The maximum atomic E-state index is 14.0. The lowest BCUT2D eigenvalue weighted by molar-refractivity contribution is -0.205. The molecule has 3 fully saturated rings. The zero-order chi connectivity index (χ0) is 22.1. The Bertz CT molecular complexity index is 678. The largest absolute Gasteiger partial charge is 0.440 e. The van der Waals surface area contributed by atoms with E-state index in [2.05, 4.69) is 0 Å². The Balaban J connectivity index is 1.75. The molecule has 2 aliphatic carbocycles. The quantitative estimate of drug-likeness (QED) is 0.644. The van der Waals surface area contributed by atoms with Crippen molar-refractivity contribution in [2.45, 2.75) is 95.9 Å². The Hall–Kier alpha value is -1.80. The summed E-state index contributed by atoms with van der Waals surface area (Å²) in [6.07, 6.45) is 2.59. The van der Waals surface area contributed by atoms with E-state index in [0.717, 1.165) is 44.9 Å². The molecule has 0 spiro atoms. The highest BCUT2D eigenvalue weighted by Gasteiger charge is 2.69. The van der Waals surface area contributed by atoms with Crippen molar-refractivity contribution in [3.8, 4) is 0 Å². The molecule has 1 aliphatic heterocycles. The van der Waals surface area contributed by atoms with Crippen molar-refractivity contribution >= 4 is 17.8 Å². The molecular weight excluding hydrogens is 399 g/mol. The first-order valence-corrected chi connectivity index (χ1v) is 11.1. The number of carbonyl (C=O) groups excluding carboxylic acids is 3. The molecular formula is C21H32F3N3O3. The molecule has 1 saturated heterocycles. The summed E-state index contributed by atoms with van der Waals surface area (Å²) in [6, 6.07) is -1.69. The van der Waals surface area contributed by atoms with Crippen molar-refractivity contribution in [1.82, 2.24) is 15.5 Å². The summed E-state index contributed by atoms with van der Waals surface area (Å²) in [6.45, 7) is 3.82. The number of nitrogens with zero attached hydrogens (tertiary/aromatic N) is 1. The van der Waals surface area contributed by atoms with Crippen LogP contribution >= 0.6 is 0 Å². The van der Waals surface area contributed by atoms with E-state index in [4.69, 9.17) is 0 Å². The van der Waals surface area contributed by atoms with Gasteiger partial charge in [0.1, 0.15) is 0 Å². The minimum absolute atomic E-state index is 0.0947. The molecule has 4 atom stereocenters. The molecule has 2 N–H and O–H groups in total. The number of hydrogen-bond donors (Lipinski definition) is 2. The van der Waals surface area contributed by atoms with Crippen molar-refractivity contribution in [2.75, 3.05) is 0 Å². The molecule has 0 aromatic carbocycles. The van der Waals surface area contributed by atoms with Crippen molar-refractivity contribution in [3.05, 3.63) is 0 Å². The number of urea groups is 1. The molecule has 4 amide bonds. The first-order valence-electron chi connectivity index (χ1n) is 11.1. The van der Waals surface area contributed by atoms with E-state index in [1.54, 1.807) is 5.32 Å². The summed E-state index contributed by atoms with van der Waals surface area (Å²) in [7, 11) is 0. The van der Waals surface area contributed by atoms with Crippen LogP contribution in [0.15, 0.2) is 0 Å². The Labute approximate surface area is 175 Å². The monoisotopic (exact) mass is 431 g/mol. The van der Waals surface area contributed by atoms with Crippen molar-refractivity contribution in [3.63, 3.8) is 0 Å². The Morgan fingerprint density at radius 2 is 1.77 bits per heavy atom. The van der Waals surface area contributed by atoms with Crippen LogP contribution in [-0.4, -0.2) is 40.6 Å². The Kier molecular flexibility index (Phi) is 6.67. The molecule has 9 heteroatoms. The fourth-order valence-corrected chi connectivity index (χ4v) is 5.20. The van der Waals surface area contributed by atoms with E-state index in [1.165, 1.54) is 0 Å². The van der Waals surface area contributed by atoms with E-state index in [-0.39, 0.29) is 18.3 Å². The highest BCUT2D eigenvalue weighted by molar-refractivity contribution is 6.09. The van der Waals surface area contributed by atoms with E-state index < -0.39 is 35.7 Å². The summed E-state index contributed by atoms with van der Waals surface area (Å²) >= 11 is 0. The number of nitrogens with one attached hydrogen (secondary N) is 2. The van der Waals surface area contributed by atoms with E-state index >= 15 is 0 Å². The number of imide groups is 1. The van der Waals surface area contributed by atoms with Gasteiger partial charge in [0.2, 0.25) is 5.91 Å². The van der Waals surface area contributed by atoms with E-state index in [1.807, 2.05) is 19.2 Å². The molecule has 0 aromatic rings. The standard InChI is InChI=1S/C21H32F3N3O3/c1-13-7-6-10-16(14(13)2)27-18(29)20(21(22,23)24,26-19(27)30)25-17(28)12-11-15-8-4-3-5-9-15/h13-16H,3-12H2,1-2H3,(H,25,28)(H,26,30)/t13-,14-,16+,20-/m0/s1. The summed E-state index contributed by atoms with van der Waals surface area (Å²) in [4.78, 5) is 38.6. The predicted molar refractivity (Wildman–Crippen MR) is 104 cm³/mol. The molecule has 6 nitrogen and oxygen atoms in total. The second-order valence-corrected chi connectivity index (χ2v) is 9.28. The molecule has 0 bridgehead atoms. The van der Waals surface area contributed by atoms with Gasteiger partial charge in [0.15, 0.2) is 0 Å². The molecule has 2 saturated carbocycles. The van der Waals surface area contributed by atoms with Gasteiger partial charge in [0.05, 0.1) is 0 Å². The van der Waals surface area contributed by atoms with Crippen LogP contribution in [0.1, 0.15) is 78.1 Å². The van der Waals surface area contributed by atoms with Gasteiger partial charge in [-0.25, -0.2) is 4.79 Å². The van der Waals surface area contributed by atoms with Crippen LogP contribution in [0.4, 0.5) is 18.0 Å². The summed E-state index contributed by atoms with van der Waals surface area (Å²) in [5.41, 5.74) is -3.38. The third-order valence-electron chi connectivity index (χ3n) is 7.30. The number of rotatable bonds is 5. The molecule has 0 radical (unpaired) electrons.